The van der Waals surface area contributed by atoms with E-state index >= 15 is 0 Å². The summed E-state index contributed by atoms with van der Waals surface area (Å²) in [6.45, 7) is 3.86. The number of rotatable bonds is 5. The van der Waals surface area contributed by atoms with E-state index in [1.54, 1.807) is 48.2 Å². The molecule has 1 aliphatic rings. The Balaban J connectivity index is 1.53. The van der Waals surface area contributed by atoms with Crippen molar-refractivity contribution in [2.75, 3.05) is 32.8 Å². The van der Waals surface area contributed by atoms with Crippen molar-refractivity contribution in [3.8, 4) is 0 Å². The van der Waals surface area contributed by atoms with Crippen molar-refractivity contribution in [2.24, 2.45) is 0 Å². The van der Waals surface area contributed by atoms with E-state index in [0.717, 1.165) is 5.56 Å². The van der Waals surface area contributed by atoms with Crippen LogP contribution in [0.5, 0.6) is 0 Å². The maximum absolute atomic E-state index is 13.2. The first-order chi connectivity index (χ1) is 15.5. The maximum Gasteiger partial charge on any atom is 0.328 e. The zero-order valence-corrected chi connectivity index (χ0v) is 18.3. The first kappa shape index (κ1) is 22.0. The molecule has 166 valence electrons. The maximum atomic E-state index is 13.2. The lowest BCUT2D eigenvalue weighted by Gasteiger charge is -2.38. The van der Waals surface area contributed by atoms with Crippen LogP contribution >= 0.6 is 11.6 Å². The van der Waals surface area contributed by atoms with Gasteiger partial charge in [0.2, 0.25) is 0 Å². The Bertz CT molecular complexity index is 1190. The Morgan fingerprint density at radius 1 is 1.06 bits per heavy atom. The molecule has 2 aromatic carbocycles. The Hall–Kier alpha value is -3.23. The van der Waals surface area contributed by atoms with E-state index in [9.17, 15) is 14.4 Å². The van der Waals surface area contributed by atoms with Crippen LogP contribution in [0.3, 0.4) is 0 Å². The predicted octanol–water partition coefficient (Wildman–Crippen LogP) is 2.64. The molecule has 2 heterocycles. The molecule has 1 atom stereocenters. The molecule has 1 saturated heterocycles. The molecule has 1 amide bonds. The average Bonchev–Trinajstić information content (AvgIpc) is 2.81. The molecule has 0 radical (unpaired) electrons. The van der Waals surface area contributed by atoms with Crippen LogP contribution in [0.1, 0.15) is 29.0 Å². The van der Waals surface area contributed by atoms with Gasteiger partial charge in [0.15, 0.2) is 5.69 Å². The fraction of sp³-hybridized carbons (Fsp3) is 0.304. The van der Waals surface area contributed by atoms with E-state index in [4.69, 9.17) is 16.3 Å². The summed E-state index contributed by atoms with van der Waals surface area (Å²) >= 11 is 6.00. The zero-order chi connectivity index (χ0) is 22.7. The zero-order valence-electron chi connectivity index (χ0n) is 17.6. The van der Waals surface area contributed by atoms with E-state index in [0.29, 0.717) is 42.0 Å². The minimum Gasteiger partial charge on any atom is -0.465 e. The van der Waals surface area contributed by atoms with Crippen molar-refractivity contribution in [1.29, 1.82) is 0 Å². The van der Waals surface area contributed by atoms with Gasteiger partial charge in [-0.05, 0) is 30.7 Å². The Morgan fingerprint density at radius 3 is 2.38 bits per heavy atom. The van der Waals surface area contributed by atoms with Crippen molar-refractivity contribution in [3.05, 3.63) is 75.2 Å². The number of carbonyl (C=O) groups excluding carboxylic acids is 2. The van der Waals surface area contributed by atoms with Gasteiger partial charge in [0.05, 0.1) is 12.0 Å². The molecule has 1 fully saturated rings. The number of piperazine rings is 1. The topological polar surface area (TPSA) is 95.6 Å². The second kappa shape index (κ2) is 9.50. The fourth-order valence-electron chi connectivity index (χ4n) is 3.97. The van der Waals surface area contributed by atoms with Gasteiger partial charge in [0.1, 0.15) is 6.04 Å². The molecule has 1 aliphatic heterocycles. The molecule has 1 aromatic heterocycles. The summed E-state index contributed by atoms with van der Waals surface area (Å²) in [6, 6.07) is 13.5. The molecule has 0 aliphatic carbocycles. The second-order valence-electron chi connectivity index (χ2n) is 7.48. The summed E-state index contributed by atoms with van der Waals surface area (Å²) in [7, 11) is 0. The number of H-pyrrole nitrogens is 1. The van der Waals surface area contributed by atoms with Crippen molar-refractivity contribution in [3.63, 3.8) is 0 Å². The number of carbonyl (C=O) groups is 2. The third kappa shape index (κ3) is 4.37. The van der Waals surface area contributed by atoms with Crippen LogP contribution in [0.2, 0.25) is 5.02 Å². The predicted molar refractivity (Wildman–Crippen MR) is 121 cm³/mol. The fourth-order valence-corrected chi connectivity index (χ4v) is 4.10. The number of esters is 1. The van der Waals surface area contributed by atoms with Crippen LogP contribution in [0.25, 0.3) is 10.8 Å². The monoisotopic (exact) mass is 454 g/mol. The van der Waals surface area contributed by atoms with Crippen LogP contribution in [0.15, 0.2) is 53.3 Å². The van der Waals surface area contributed by atoms with E-state index < -0.39 is 6.04 Å². The lowest BCUT2D eigenvalue weighted by molar-refractivity contribution is -0.150. The van der Waals surface area contributed by atoms with Crippen LogP contribution in [-0.4, -0.2) is 64.7 Å². The lowest BCUT2D eigenvalue weighted by atomic mass is 10.0. The third-order valence-electron chi connectivity index (χ3n) is 5.56. The number of hydrogen-bond donors (Lipinski definition) is 1. The quantitative estimate of drug-likeness (QED) is 0.595. The number of fused-ring (bicyclic) bond motifs is 1. The third-order valence-corrected chi connectivity index (χ3v) is 5.81. The molecule has 32 heavy (non-hydrogen) atoms. The largest absolute Gasteiger partial charge is 0.465 e. The molecule has 0 spiro atoms. The van der Waals surface area contributed by atoms with Gasteiger partial charge in [-0.3, -0.25) is 14.5 Å². The van der Waals surface area contributed by atoms with Crippen molar-refractivity contribution in [1.82, 2.24) is 20.0 Å². The van der Waals surface area contributed by atoms with Gasteiger partial charge in [0, 0.05) is 36.6 Å². The minimum atomic E-state index is -0.573. The normalized spacial score (nSPS) is 15.5. The van der Waals surface area contributed by atoms with Crippen LogP contribution in [0.4, 0.5) is 0 Å². The molecule has 0 bridgehead atoms. The number of ether oxygens (including phenoxy) is 1. The molecule has 0 saturated carbocycles. The number of aromatic amines is 1. The number of benzene rings is 2. The van der Waals surface area contributed by atoms with Crippen LogP contribution in [-0.2, 0) is 9.53 Å². The van der Waals surface area contributed by atoms with Gasteiger partial charge < -0.3 is 9.64 Å². The number of halogens is 1. The number of amides is 1. The van der Waals surface area contributed by atoms with Gasteiger partial charge in [0.25, 0.3) is 11.5 Å². The molecule has 1 unspecified atom stereocenters. The molecule has 3 aromatic rings. The van der Waals surface area contributed by atoms with Crippen molar-refractivity contribution >= 4 is 34.2 Å². The van der Waals surface area contributed by atoms with E-state index in [1.807, 2.05) is 17.0 Å². The van der Waals surface area contributed by atoms with Gasteiger partial charge in [-0.2, -0.15) is 5.10 Å². The summed E-state index contributed by atoms with van der Waals surface area (Å²) < 4.78 is 5.31. The molecule has 1 N–H and O–H groups in total. The highest BCUT2D eigenvalue weighted by atomic mass is 35.5. The van der Waals surface area contributed by atoms with Crippen molar-refractivity contribution < 1.29 is 14.3 Å². The minimum absolute atomic E-state index is 0.216. The molecular weight excluding hydrogens is 432 g/mol. The number of nitrogens with one attached hydrogen (secondary N) is 1. The number of aromatic nitrogens is 2. The summed E-state index contributed by atoms with van der Waals surface area (Å²) in [5, 5.41) is 7.96. The van der Waals surface area contributed by atoms with Gasteiger partial charge in [-0.15, -0.1) is 0 Å². The highest BCUT2D eigenvalue weighted by Gasteiger charge is 2.33. The molecular formula is C23H23ClN4O4. The number of hydrogen-bond acceptors (Lipinski definition) is 6. The first-order valence-corrected chi connectivity index (χ1v) is 10.8. The first-order valence-electron chi connectivity index (χ1n) is 10.4. The number of nitrogens with zero attached hydrogens (tertiary/aromatic N) is 3. The summed E-state index contributed by atoms with van der Waals surface area (Å²) in [6.07, 6.45) is 0. The van der Waals surface area contributed by atoms with Gasteiger partial charge in [-0.1, -0.05) is 41.9 Å². The SMILES string of the molecule is CCOC(=O)C(c1ccc(Cl)cc1)N1CCN(C(=O)c2n[nH]c(=O)c3ccccc23)CC1. The van der Waals surface area contributed by atoms with E-state index in [2.05, 4.69) is 10.2 Å². The Labute approximate surface area is 189 Å². The highest BCUT2D eigenvalue weighted by Crippen LogP contribution is 2.26. The average molecular weight is 455 g/mol. The van der Waals surface area contributed by atoms with Crippen molar-refractivity contribution in [2.45, 2.75) is 13.0 Å². The standard InChI is InChI=1S/C23H23ClN4O4/c1-2-32-23(31)20(15-7-9-16(24)10-8-15)27-11-13-28(14-12-27)22(30)19-17-5-3-4-6-18(17)21(29)26-25-19/h3-10,20H,2,11-14H2,1H3,(H,26,29). The second-order valence-corrected chi connectivity index (χ2v) is 7.92. The Kier molecular flexibility index (Phi) is 6.53. The van der Waals surface area contributed by atoms with E-state index in [-0.39, 0.29) is 29.7 Å². The van der Waals surface area contributed by atoms with Crippen LogP contribution < -0.4 is 5.56 Å². The van der Waals surface area contributed by atoms with E-state index in [1.165, 1.54) is 0 Å². The molecule has 8 nitrogen and oxygen atoms in total. The lowest BCUT2D eigenvalue weighted by Crippen LogP contribution is -2.51. The summed E-state index contributed by atoms with van der Waals surface area (Å²) in [5.74, 6) is -0.584. The smallest absolute Gasteiger partial charge is 0.328 e. The Morgan fingerprint density at radius 2 is 1.72 bits per heavy atom. The van der Waals surface area contributed by atoms with Gasteiger partial charge >= 0.3 is 5.97 Å². The molecule has 9 heteroatoms. The summed E-state index contributed by atoms with van der Waals surface area (Å²) in [4.78, 5) is 41.6. The summed E-state index contributed by atoms with van der Waals surface area (Å²) in [5.41, 5.74) is 0.677. The molecule has 4 rings (SSSR count). The van der Waals surface area contributed by atoms with Gasteiger partial charge in [-0.25, -0.2) is 9.89 Å². The highest BCUT2D eigenvalue weighted by molar-refractivity contribution is 6.30. The van der Waals surface area contributed by atoms with Crippen LogP contribution in [0, 0.1) is 0 Å².